The van der Waals surface area contributed by atoms with Gasteiger partial charge in [0.2, 0.25) is 0 Å². The molecule has 1 aliphatic rings. The van der Waals surface area contributed by atoms with Crippen molar-refractivity contribution in [3.63, 3.8) is 0 Å². The molecule has 0 bridgehead atoms. The average molecular weight is 400 g/mol. The molecule has 3 rings (SSSR count). The number of amides is 1. The van der Waals surface area contributed by atoms with Gasteiger partial charge in [0.05, 0.1) is 17.7 Å². The highest BCUT2D eigenvalue weighted by Crippen LogP contribution is 2.28. The summed E-state index contributed by atoms with van der Waals surface area (Å²) in [7, 11) is 1.73. The van der Waals surface area contributed by atoms with Crippen molar-refractivity contribution >= 4 is 41.6 Å². The lowest BCUT2D eigenvalue weighted by atomic mass is 9.79. The first-order valence-corrected chi connectivity index (χ1v) is 8.47. The maximum Gasteiger partial charge on any atom is 0.253 e. The third-order valence-corrected chi connectivity index (χ3v) is 5.03. The molecule has 0 spiro atoms. The quantitative estimate of drug-likeness (QED) is 0.810. The first-order chi connectivity index (χ1) is 11.7. The zero-order valence-electron chi connectivity index (χ0n) is 15.2. The van der Waals surface area contributed by atoms with E-state index in [4.69, 9.17) is 4.74 Å². The summed E-state index contributed by atoms with van der Waals surface area (Å²) in [6.07, 6.45) is 3.70. The van der Waals surface area contributed by atoms with E-state index < -0.39 is 0 Å². The second kappa shape index (κ2) is 10.1. The number of aryl methyl sites for hydroxylation is 1. The molecule has 1 aliphatic heterocycles. The van der Waals surface area contributed by atoms with Crippen LogP contribution in [0.15, 0.2) is 30.5 Å². The number of hydrogen-bond acceptors (Lipinski definition) is 4. The predicted octanol–water partition coefficient (Wildman–Crippen LogP) is 3.13. The fourth-order valence-electron chi connectivity index (χ4n) is 3.51. The van der Waals surface area contributed by atoms with Crippen LogP contribution in [0.4, 0.5) is 0 Å². The van der Waals surface area contributed by atoms with E-state index in [1.54, 1.807) is 13.3 Å². The zero-order valence-corrected chi connectivity index (χ0v) is 16.8. The predicted molar refractivity (Wildman–Crippen MR) is 110 cm³/mol. The van der Waals surface area contributed by atoms with Gasteiger partial charge in [-0.3, -0.25) is 9.78 Å². The lowest BCUT2D eigenvalue weighted by Crippen LogP contribution is -2.47. The molecular weight excluding hydrogens is 373 g/mol. The number of hydrogen-bond donors (Lipinski definition) is 2. The smallest absolute Gasteiger partial charge is 0.253 e. The van der Waals surface area contributed by atoms with Crippen LogP contribution in [0.5, 0.6) is 0 Å². The van der Waals surface area contributed by atoms with Crippen LogP contribution in [0.1, 0.15) is 28.8 Å². The maximum atomic E-state index is 12.7. The van der Waals surface area contributed by atoms with Gasteiger partial charge in [-0.1, -0.05) is 18.2 Å². The minimum absolute atomic E-state index is 0. The van der Waals surface area contributed by atoms with Crippen molar-refractivity contribution in [3.05, 3.63) is 41.6 Å². The highest BCUT2D eigenvalue weighted by molar-refractivity contribution is 5.99. The number of para-hydroxylation sites is 1. The molecule has 144 valence electrons. The number of rotatable bonds is 5. The molecule has 1 aromatic carbocycles. The van der Waals surface area contributed by atoms with Gasteiger partial charge in [-0.05, 0) is 44.5 Å². The summed E-state index contributed by atoms with van der Waals surface area (Å²) >= 11 is 0. The first kappa shape index (κ1) is 22.6. The number of halogens is 2. The molecule has 0 radical (unpaired) electrons. The van der Waals surface area contributed by atoms with Gasteiger partial charge in [-0.2, -0.15) is 0 Å². The third-order valence-electron chi connectivity index (χ3n) is 5.03. The number of methoxy groups -OCH3 is 1. The molecule has 0 aliphatic carbocycles. The molecule has 2 heterocycles. The standard InChI is InChI=1S/C19H25N3O2.2ClH/c1-14-15-5-3-4-6-17(15)21-11-16(14)18(23)22-12-19(13-24-2)7-9-20-10-8-19;;/h3-6,11,20H,7-10,12-13H2,1-2H3,(H,22,23);2*1H. The van der Waals surface area contributed by atoms with Crippen molar-refractivity contribution in [1.82, 2.24) is 15.6 Å². The van der Waals surface area contributed by atoms with Crippen LogP contribution >= 0.6 is 24.8 Å². The molecule has 7 heteroatoms. The molecule has 5 nitrogen and oxygen atoms in total. The highest BCUT2D eigenvalue weighted by atomic mass is 35.5. The van der Waals surface area contributed by atoms with Gasteiger partial charge in [0.25, 0.3) is 5.91 Å². The molecular formula is C19H27Cl2N3O2. The molecule has 0 unspecified atom stereocenters. The Balaban J connectivity index is 0.00000169. The number of nitrogens with one attached hydrogen (secondary N) is 2. The molecule has 0 saturated carbocycles. The van der Waals surface area contributed by atoms with E-state index in [1.807, 2.05) is 31.2 Å². The van der Waals surface area contributed by atoms with E-state index in [9.17, 15) is 4.79 Å². The Morgan fingerprint density at radius 3 is 2.65 bits per heavy atom. The summed E-state index contributed by atoms with van der Waals surface area (Å²) in [5, 5.41) is 7.51. The molecule has 1 fully saturated rings. The van der Waals surface area contributed by atoms with Crippen molar-refractivity contribution in [2.75, 3.05) is 33.4 Å². The van der Waals surface area contributed by atoms with Gasteiger partial charge >= 0.3 is 0 Å². The van der Waals surface area contributed by atoms with E-state index in [2.05, 4.69) is 15.6 Å². The number of ether oxygens (including phenoxy) is 1. The van der Waals surface area contributed by atoms with Gasteiger partial charge < -0.3 is 15.4 Å². The highest BCUT2D eigenvalue weighted by Gasteiger charge is 2.32. The largest absolute Gasteiger partial charge is 0.384 e. The number of carbonyl (C=O) groups excluding carboxylic acids is 1. The SMILES string of the molecule is COCC1(CNC(=O)c2cnc3ccccc3c2C)CCNCC1.Cl.Cl. The Hall–Kier alpha value is -1.40. The molecule has 2 N–H and O–H groups in total. The number of carbonyl (C=O) groups is 1. The lowest BCUT2D eigenvalue weighted by Gasteiger charge is -2.37. The van der Waals surface area contributed by atoms with Crippen LogP contribution < -0.4 is 10.6 Å². The molecule has 1 saturated heterocycles. The molecule has 1 amide bonds. The average Bonchev–Trinajstić information content (AvgIpc) is 2.61. The number of fused-ring (bicyclic) bond motifs is 1. The zero-order chi connectivity index (χ0) is 17.0. The summed E-state index contributed by atoms with van der Waals surface area (Å²) in [5.41, 5.74) is 2.56. The lowest BCUT2D eigenvalue weighted by molar-refractivity contribution is 0.0511. The minimum Gasteiger partial charge on any atom is -0.384 e. The van der Waals surface area contributed by atoms with Crippen LogP contribution in [0.25, 0.3) is 10.9 Å². The van der Waals surface area contributed by atoms with E-state index in [0.29, 0.717) is 18.7 Å². The van der Waals surface area contributed by atoms with Gasteiger partial charge in [0, 0.05) is 30.7 Å². The second-order valence-electron chi connectivity index (χ2n) is 6.68. The van der Waals surface area contributed by atoms with Crippen LogP contribution in [-0.4, -0.2) is 44.2 Å². The van der Waals surface area contributed by atoms with Gasteiger partial charge in [-0.15, -0.1) is 24.8 Å². The van der Waals surface area contributed by atoms with Crippen LogP contribution in [-0.2, 0) is 4.74 Å². The maximum absolute atomic E-state index is 12.7. The normalized spacial score (nSPS) is 15.6. The van der Waals surface area contributed by atoms with Crippen LogP contribution in [0.3, 0.4) is 0 Å². The Morgan fingerprint density at radius 2 is 1.96 bits per heavy atom. The van der Waals surface area contributed by atoms with Crippen molar-refractivity contribution in [2.45, 2.75) is 19.8 Å². The Bertz CT molecular complexity index is 728. The third kappa shape index (κ3) is 4.86. The van der Waals surface area contributed by atoms with Crippen molar-refractivity contribution in [1.29, 1.82) is 0 Å². The molecule has 26 heavy (non-hydrogen) atoms. The van der Waals surface area contributed by atoms with E-state index >= 15 is 0 Å². The summed E-state index contributed by atoms with van der Waals surface area (Å²) < 4.78 is 5.41. The monoisotopic (exact) mass is 399 g/mol. The van der Waals surface area contributed by atoms with E-state index in [0.717, 1.165) is 42.4 Å². The topological polar surface area (TPSA) is 63.2 Å². The van der Waals surface area contributed by atoms with Crippen molar-refractivity contribution < 1.29 is 9.53 Å². The number of piperidine rings is 1. The van der Waals surface area contributed by atoms with Gasteiger partial charge in [0.15, 0.2) is 0 Å². The van der Waals surface area contributed by atoms with Crippen molar-refractivity contribution in [2.24, 2.45) is 5.41 Å². The van der Waals surface area contributed by atoms with E-state index in [1.165, 1.54) is 0 Å². The number of aromatic nitrogens is 1. The summed E-state index contributed by atoms with van der Waals surface area (Å²) in [5.74, 6) is -0.0558. The Kier molecular flexibility index (Phi) is 8.77. The number of pyridine rings is 1. The summed E-state index contributed by atoms with van der Waals surface area (Å²) in [6, 6.07) is 7.90. The van der Waals surface area contributed by atoms with Crippen LogP contribution in [0.2, 0.25) is 0 Å². The molecule has 1 aromatic heterocycles. The van der Waals surface area contributed by atoms with Crippen LogP contribution in [0, 0.1) is 12.3 Å². The fourth-order valence-corrected chi connectivity index (χ4v) is 3.51. The van der Waals surface area contributed by atoms with E-state index in [-0.39, 0.29) is 36.1 Å². The second-order valence-corrected chi connectivity index (χ2v) is 6.68. The molecule has 2 aromatic rings. The Morgan fingerprint density at radius 1 is 1.27 bits per heavy atom. The van der Waals surface area contributed by atoms with Gasteiger partial charge in [0.1, 0.15) is 0 Å². The summed E-state index contributed by atoms with van der Waals surface area (Å²) in [4.78, 5) is 17.1. The van der Waals surface area contributed by atoms with Crippen molar-refractivity contribution in [3.8, 4) is 0 Å². The molecule has 0 atom stereocenters. The summed E-state index contributed by atoms with van der Waals surface area (Å²) in [6.45, 7) is 5.22. The fraction of sp³-hybridized carbons (Fsp3) is 0.474. The Labute approximate surface area is 167 Å². The van der Waals surface area contributed by atoms with Gasteiger partial charge in [-0.25, -0.2) is 0 Å². The number of nitrogens with zero attached hydrogens (tertiary/aromatic N) is 1. The first-order valence-electron chi connectivity index (χ1n) is 8.47. The minimum atomic E-state index is -0.0558. The number of benzene rings is 1.